The molecule has 0 fully saturated rings. The lowest BCUT2D eigenvalue weighted by Crippen LogP contribution is -2.09. The largest absolute Gasteiger partial charge is 0.322 e. The number of carbonyl (C=O) groups excluding carboxylic acids is 2. The van der Waals surface area contributed by atoms with E-state index in [9.17, 15) is 22.6 Å². The first-order valence-corrected chi connectivity index (χ1v) is 9.36. The summed E-state index contributed by atoms with van der Waals surface area (Å²) in [5.74, 6) is -0.933. The second-order valence-electron chi connectivity index (χ2n) is 5.30. The monoisotopic (exact) mass is 404 g/mol. The van der Waals surface area contributed by atoms with Crippen molar-refractivity contribution in [1.82, 2.24) is 0 Å². The number of nitrogens with one attached hydrogen (secondary N) is 2. The summed E-state index contributed by atoms with van der Waals surface area (Å²) in [6, 6.07) is 8.67. The van der Waals surface area contributed by atoms with E-state index in [2.05, 4.69) is 36.4 Å². The zero-order valence-corrected chi connectivity index (χ0v) is 15.7. The van der Waals surface area contributed by atoms with Gasteiger partial charge in [-0.05, 0) is 42.0 Å². The number of hydrogen-bond donors (Lipinski definition) is 4. The molecule has 140 valence electrons. The Bertz CT molecular complexity index is 1050. The summed E-state index contributed by atoms with van der Waals surface area (Å²) in [5.41, 5.74) is 1.20. The third-order valence-corrected chi connectivity index (χ3v) is 4.72. The average Bonchev–Trinajstić information content (AvgIpc) is 2.61. The Hall–Kier alpha value is -2.88. The highest BCUT2D eigenvalue weighted by Crippen LogP contribution is 2.35. The number of carbonyl (C=O) groups is 2. The summed E-state index contributed by atoms with van der Waals surface area (Å²) in [6.45, 7) is 6.67. The van der Waals surface area contributed by atoms with Gasteiger partial charge in [0.1, 0.15) is 4.90 Å². The Kier molecular flexibility index (Phi) is 6.21. The van der Waals surface area contributed by atoms with Crippen LogP contribution in [-0.4, -0.2) is 24.8 Å². The Balaban J connectivity index is 2.54. The molecule has 9 heteroatoms. The first-order chi connectivity index (χ1) is 12.7. The van der Waals surface area contributed by atoms with Gasteiger partial charge in [-0.3, -0.25) is 14.1 Å². The lowest BCUT2D eigenvalue weighted by molar-refractivity contribution is -0.112. The molecule has 2 amide bonds. The van der Waals surface area contributed by atoms with Crippen LogP contribution in [0, 0.1) is 0 Å². The van der Waals surface area contributed by atoms with Crippen molar-refractivity contribution >= 4 is 45.9 Å². The van der Waals surface area contributed by atoms with E-state index in [4.69, 9.17) is 0 Å². The number of amides is 2. The number of benzene rings is 2. The summed E-state index contributed by atoms with van der Waals surface area (Å²) in [4.78, 5) is 22.7. The molecule has 0 unspecified atom stereocenters. The smallest absolute Gasteiger partial charge is 0.295 e. The molecule has 0 atom stereocenters. The van der Waals surface area contributed by atoms with Gasteiger partial charge in [0.2, 0.25) is 11.8 Å². The van der Waals surface area contributed by atoms with Gasteiger partial charge in [-0.1, -0.05) is 25.3 Å². The van der Waals surface area contributed by atoms with Crippen molar-refractivity contribution in [3.63, 3.8) is 0 Å². The van der Waals surface area contributed by atoms with E-state index >= 15 is 0 Å². The summed E-state index contributed by atoms with van der Waals surface area (Å²) in [5, 5.41) is 4.99. The molecule has 0 aliphatic carbocycles. The van der Waals surface area contributed by atoms with Crippen LogP contribution < -0.4 is 10.6 Å². The highest BCUT2D eigenvalue weighted by molar-refractivity contribution is 7.86. The quantitative estimate of drug-likeness (QED) is 0.336. The Morgan fingerprint density at radius 2 is 1.41 bits per heavy atom. The normalized spacial score (nSPS) is 10.7. The number of thiol groups is 1. The molecule has 0 saturated carbocycles. The molecule has 0 spiro atoms. The number of anilines is 2. The zero-order valence-electron chi connectivity index (χ0n) is 14.0. The van der Waals surface area contributed by atoms with Gasteiger partial charge < -0.3 is 10.6 Å². The fraction of sp³-hybridized carbons (Fsp3) is 0. The number of hydrogen-bond acceptors (Lipinski definition) is 5. The van der Waals surface area contributed by atoms with E-state index in [-0.39, 0.29) is 11.3 Å². The van der Waals surface area contributed by atoms with Crippen LogP contribution in [0.25, 0.3) is 11.1 Å². The van der Waals surface area contributed by atoms with Gasteiger partial charge in [-0.15, -0.1) is 12.6 Å². The summed E-state index contributed by atoms with van der Waals surface area (Å²) in [7, 11) is -4.59. The second-order valence-corrected chi connectivity index (χ2v) is 7.18. The first-order valence-electron chi connectivity index (χ1n) is 7.47. The van der Waals surface area contributed by atoms with Crippen molar-refractivity contribution < 1.29 is 22.6 Å². The molecule has 2 rings (SSSR count). The van der Waals surface area contributed by atoms with E-state index in [0.29, 0.717) is 16.1 Å². The SMILES string of the molecule is C=CC(=O)Nc1ccc(-c2ccc(NC(=O)C=C)cc2S(=O)(=O)O)c(S)c1. The van der Waals surface area contributed by atoms with E-state index in [1.165, 1.54) is 18.2 Å². The van der Waals surface area contributed by atoms with Gasteiger partial charge in [-0.2, -0.15) is 8.42 Å². The van der Waals surface area contributed by atoms with E-state index in [1.54, 1.807) is 12.1 Å². The van der Waals surface area contributed by atoms with Crippen molar-refractivity contribution in [3.8, 4) is 11.1 Å². The van der Waals surface area contributed by atoms with Gasteiger partial charge in [0.05, 0.1) is 0 Å². The van der Waals surface area contributed by atoms with Crippen molar-refractivity contribution in [2.45, 2.75) is 9.79 Å². The number of rotatable bonds is 6. The molecule has 0 aliphatic rings. The molecule has 2 aromatic rings. The van der Waals surface area contributed by atoms with Crippen molar-refractivity contribution in [2.75, 3.05) is 10.6 Å². The van der Waals surface area contributed by atoms with Gasteiger partial charge in [0.25, 0.3) is 10.1 Å². The van der Waals surface area contributed by atoms with Gasteiger partial charge in [0.15, 0.2) is 0 Å². The van der Waals surface area contributed by atoms with Crippen LogP contribution in [0.5, 0.6) is 0 Å². The molecule has 0 bridgehead atoms. The lowest BCUT2D eigenvalue weighted by atomic mass is 10.0. The molecule has 3 N–H and O–H groups in total. The van der Waals surface area contributed by atoms with Crippen molar-refractivity contribution in [1.29, 1.82) is 0 Å². The minimum Gasteiger partial charge on any atom is -0.322 e. The van der Waals surface area contributed by atoms with Crippen molar-refractivity contribution in [2.24, 2.45) is 0 Å². The standard InChI is InChI=1S/C18H16N2O5S2/c1-3-17(21)19-11-5-7-13(15(26)9-11)14-8-6-12(20-18(22)4-2)10-16(14)27(23,24)25/h3-10,26H,1-2H2,(H,19,21)(H,20,22)(H,23,24,25). The average molecular weight is 404 g/mol. The van der Waals surface area contributed by atoms with E-state index in [0.717, 1.165) is 18.2 Å². The maximum atomic E-state index is 11.8. The zero-order chi connectivity index (χ0) is 20.2. The molecule has 0 saturated heterocycles. The molecule has 7 nitrogen and oxygen atoms in total. The maximum Gasteiger partial charge on any atom is 0.295 e. The van der Waals surface area contributed by atoms with Crippen LogP contribution in [-0.2, 0) is 19.7 Å². The first kappa shape index (κ1) is 20.4. The minimum absolute atomic E-state index is 0.173. The molecule has 0 aliphatic heterocycles. The van der Waals surface area contributed by atoms with Gasteiger partial charge in [0, 0.05) is 21.8 Å². The molecule has 0 aromatic heterocycles. The maximum absolute atomic E-state index is 11.8. The minimum atomic E-state index is -4.59. The van der Waals surface area contributed by atoms with Crippen LogP contribution >= 0.6 is 12.6 Å². The fourth-order valence-electron chi connectivity index (χ4n) is 2.26. The van der Waals surface area contributed by atoms with E-state index < -0.39 is 26.8 Å². The molecule has 0 radical (unpaired) electrons. The van der Waals surface area contributed by atoms with Crippen LogP contribution in [0.3, 0.4) is 0 Å². The summed E-state index contributed by atoms with van der Waals surface area (Å²) >= 11 is 4.33. The van der Waals surface area contributed by atoms with Gasteiger partial charge >= 0.3 is 0 Å². The fourth-order valence-corrected chi connectivity index (χ4v) is 3.33. The molecule has 0 heterocycles. The van der Waals surface area contributed by atoms with E-state index in [1.807, 2.05) is 0 Å². The van der Waals surface area contributed by atoms with Crippen LogP contribution in [0.4, 0.5) is 11.4 Å². The summed E-state index contributed by atoms with van der Waals surface area (Å²) in [6.07, 6.45) is 2.14. The molecule has 27 heavy (non-hydrogen) atoms. The second kappa shape index (κ2) is 8.21. The van der Waals surface area contributed by atoms with Crippen LogP contribution in [0.1, 0.15) is 0 Å². The highest BCUT2D eigenvalue weighted by Gasteiger charge is 2.19. The van der Waals surface area contributed by atoms with Crippen LogP contribution in [0.15, 0.2) is 71.5 Å². The highest BCUT2D eigenvalue weighted by atomic mass is 32.2. The predicted octanol–water partition coefficient (Wildman–Crippen LogP) is 3.14. The van der Waals surface area contributed by atoms with Crippen molar-refractivity contribution in [3.05, 3.63) is 61.7 Å². The predicted molar refractivity (Wildman–Crippen MR) is 107 cm³/mol. The third kappa shape index (κ3) is 5.07. The Morgan fingerprint density at radius 1 is 0.926 bits per heavy atom. The molecular formula is C18H16N2O5S2. The van der Waals surface area contributed by atoms with Gasteiger partial charge in [-0.25, -0.2) is 0 Å². The summed E-state index contributed by atoms with van der Waals surface area (Å²) < 4.78 is 33.2. The molecule has 2 aromatic carbocycles. The molecular weight excluding hydrogens is 388 g/mol. The lowest BCUT2D eigenvalue weighted by Gasteiger charge is -2.13. The Morgan fingerprint density at radius 3 is 1.85 bits per heavy atom. The topological polar surface area (TPSA) is 113 Å². The van der Waals surface area contributed by atoms with Crippen LogP contribution in [0.2, 0.25) is 0 Å². The third-order valence-electron chi connectivity index (χ3n) is 3.45. The Labute approximate surface area is 162 Å².